The summed E-state index contributed by atoms with van der Waals surface area (Å²) in [5.74, 6) is -2.87. The largest absolute Gasteiger partial charge is 0.332 e. The summed E-state index contributed by atoms with van der Waals surface area (Å²) in [6.07, 6.45) is 2.34. The molecule has 0 saturated carbocycles. The van der Waals surface area contributed by atoms with Gasteiger partial charge in [-0.1, -0.05) is 0 Å². The number of fused-ring (bicyclic) bond motifs is 4. The molecule has 0 aromatic rings. The fourth-order valence-corrected chi connectivity index (χ4v) is 3.22. The Balaban J connectivity index is 1.75. The Morgan fingerprint density at radius 3 is 1.00 bits per heavy atom. The zero-order valence-corrected chi connectivity index (χ0v) is 13.2. The molecule has 3 fully saturated rings. The number of nitrogens with one attached hydrogen (secondary N) is 6. The van der Waals surface area contributed by atoms with E-state index in [-0.39, 0.29) is 0 Å². The molecular weight excluding hydrogens is 316 g/mol. The molecular formula is C14H22N6O4. The van der Waals surface area contributed by atoms with E-state index in [0.717, 1.165) is 12.8 Å². The molecule has 3 aliphatic heterocycles. The minimum atomic E-state index is -0.718. The standard InChI is InChI=1S/C14H22N6O4/c21-11-13(23)19-9-5-2-6-10(16-9)20-14(24)12(22)18-8-4-1-3-7(15-8)17-11/h7-10,15-16H,1-6H2,(H,17,21)(H,18,22)(H,19,23)(H,20,24). The number of rotatable bonds is 0. The lowest BCUT2D eigenvalue weighted by atomic mass is 10.1. The minimum Gasteiger partial charge on any atom is -0.332 e. The Labute approximate surface area is 138 Å². The van der Waals surface area contributed by atoms with Crippen LogP contribution in [0.4, 0.5) is 0 Å². The van der Waals surface area contributed by atoms with Crippen LogP contribution in [0, 0.1) is 0 Å². The van der Waals surface area contributed by atoms with Crippen molar-refractivity contribution in [1.29, 1.82) is 0 Å². The molecule has 24 heavy (non-hydrogen) atoms. The SMILES string of the molecule is O=C1NC2CCCC(NC(=O)C(=O)NC3CCCC(NC1=O)N3)N2. The second kappa shape index (κ2) is 7.14. The number of hydrogen-bond acceptors (Lipinski definition) is 6. The Bertz CT molecular complexity index is 461. The molecule has 0 aliphatic carbocycles. The van der Waals surface area contributed by atoms with Gasteiger partial charge in [0, 0.05) is 0 Å². The zero-order valence-electron chi connectivity index (χ0n) is 13.2. The summed E-state index contributed by atoms with van der Waals surface area (Å²) in [4.78, 5) is 48.1. The molecule has 10 nitrogen and oxygen atoms in total. The highest BCUT2D eigenvalue weighted by molar-refractivity contribution is 6.35. The van der Waals surface area contributed by atoms with E-state index in [1.54, 1.807) is 0 Å². The monoisotopic (exact) mass is 338 g/mol. The van der Waals surface area contributed by atoms with Crippen LogP contribution in [0.15, 0.2) is 0 Å². The predicted molar refractivity (Wildman–Crippen MR) is 81.7 cm³/mol. The van der Waals surface area contributed by atoms with Crippen molar-refractivity contribution in [3.8, 4) is 0 Å². The van der Waals surface area contributed by atoms with E-state index in [0.29, 0.717) is 25.7 Å². The van der Waals surface area contributed by atoms with Gasteiger partial charge >= 0.3 is 23.6 Å². The smallest absolute Gasteiger partial charge is 0.310 e. The van der Waals surface area contributed by atoms with E-state index in [1.807, 2.05) is 0 Å². The number of amides is 4. The van der Waals surface area contributed by atoms with Crippen LogP contribution in [-0.2, 0) is 19.2 Å². The van der Waals surface area contributed by atoms with Crippen molar-refractivity contribution in [3.63, 3.8) is 0 Å². The minimum absolute atomic E-state index is 0.430. The van der Waals surface area contributed by atoms with Crippen molar-refractivity contribution in [2.24, 2.45) is 0 Å². The van der Waals surface area contributed by atoms with Crippen molar-refractivity contribution >= 4 is 23.6 Å². The topological polar surface area (TPSA) is 140 Å². The number of carbonyl (C=O) groups excluding carboxylic acids is 4. The first-order valence-corrected chi connectivity index (χ1v) is 8.26. The van der Waals surface area contributed by atoms with Gasteiger partial charge in [0.2, 0.25) is 0 Å². The van der Waals surface area contributed by atoms with Gasteiger partial charge in [0.25, 0.3) is 0 Å². The lowest BCUT2D eigenvalue weighted by Gasteiger charge is -2.34. The average molecular weight is 338 g/mol. The first-order chi connectivity index (χ1) is 11.5. The van der Waals surface area contributed by atoms with Gasteiger partial charge < -0.3 is 21.3 Å². The van der Waals surface area contributed by atoms with Crippen molar-refractivity contribution in [2.75, 3.05) is 0 Å². The number of hydrogen-bond donors (Lipinski definition) is 6. The summed E-state index contributed by atoms with van der Waals surface area (Å²) in [6, 6.07) is 0. The zero-order chi connectivity index (χ0) is 17.1. The van der Waals surface area contributed by atoms with E-state index >= 15 is 0 Å². The summed E-state index contributed by atoms with van der Waals surface area (Å²) in [6.45, 7) is 0. The molecule has 4 atom stereocenters. The maximum atomic E-state index is 12.0. The maximum Gasteiger partial charge on any atom is 0.310 e. The van der Waals surface area contributed by atoms with Crippen molar-refractivity contribution in [3.05, 3.63) is 0 Å². The quantitative estimate of drug-likeness (QED) is 0.266. The molecule has 4 unspecified atom stereocenters. The second-order valence-corrected chi connectivity index (χ2v) is 6.30. The second-order valence-electron chi connectivity index (χ2n) is 6.30. The highest BCUT2D eigenvalue weighted by atomic mass is 16.2. The van der Waals surface area contributed by atoms with Crippen LogP contribution in [0.3, 0.4) is 0 Å². The fraction of sp³-hybridized carbons (Fsp3) is 0.714. The van der Waals surface area contributed by atoms with Gasteiger partial charge in [-0.3, -0.25) is 29.8 Å². The molecule has 3 heterocycles. The van der Waals surface area contributed by atoms with Gasteiger partial charge in [0.05, 0.1) is 24.7 Å². The molecule has 0 aromatic carbocycles. The molecule has 4 amide bonds. The Kier molecular flexibility index (Phi) is 4.95. The molecule has 132 valence electrons. The summed E-state index contributed by atoms with van der Waals surface area (Å²) >= 11 is 0. The van der Waals surface area contributed by atoms with Crippen molar-refractivity contribution in [1.82, 2.24) is 31.9 Å². The third kappa shape index (κ3) is 4.01. The first kappa shape index (κ1) is 16.7. The lowest BCUT2D eigenvalue weighted by molar-refractivity contribution is -0.142. The average Bonchev–Trinajstić information content (AvgIpc) is 2.54. The van der Waals surface area contributed by atoms with Crippen LogP contribution in [0.5, 0.6) is 0 Å². The molecule has 3 aliphatic rings. The Morgan fingerprint density at radius 2 is 0.750 bits per heavy atom. The predicted octanol–water partition coefficient (Wildman–Crippen LogP) is -2.68. The number of carbonyl (C=O) groups is 4. The molecule has 0 spiro atoms. The molecule has 6 N–H and O–H groups in total. The van der Waals surface area contributed by atoms with Crippen molar-refractivity contribution in [2.45, 2.75) is 63.2 Å². The molecule has 0 radical (unpaired) electrons. The van der Waals surface area contributed by atoms with Crippen LogP contribution < -0.4 is 31.9 Å². The Hall–Kier alpha value is -2.20. The molecule has 3 rings (SSSR count). The van der Waals surface area contributed by atoms with E-state index in [4.69, 9.17) is 0 Å². The van der Waals surface area contributed by atoms with Gasteiger partial charge in [-0.05, 0) is 38.5 Å². The van der Waals surface area contributed by atoms with Gasteiger partial charge in [-0.25, -0.2) is 0 Å². The summed E-state index contributed by atoms with van der Waals surface area (Å²) < 4.78 is 0. The molecule has 4 bridgehead atoms. The van der Waals surface area contributed by atoms with Gasteiger partial charge in [0.15, 0.2) is 0 Å². The van der Waals surface area contributed by atoms with E-state index in [2.05, 4.69) is 31.9 Å². The Morgan fingerprint density at radius 1 is 0.500 bits per heavy atom. The van der Waals surface area contributed by atoms with Crippen LogP contribution in [0.25, 0.3) is 0 Å². The first-order valence-electron chi connectivity index (χ1n) is 8.26. The molecule has 10 heteroatoms. The summed E-state index contributed by atoms with van der Waals surface area (Å²) in [5.41, 5.74) is 0. The maximum absolute atomic E-state index is 12.0. The molecule has 0 aromatic heterocycles. The molecule has 3 saturated heterocycles. The van der Waals surface area contributed by atoms with Crippen LogP contribution in [0.1, 0.15) is 38.5 Å². The van der Waals surface area contributed by atoms with Crippen LogP contribution >= 0.6 is 0 Å². The normalized spacial score (nSPS) is 35.0. The highest BCUT2D eigenvalue weighted by Gasteiger charge is 2.31. The van der Waals surface area contributed by atoms with Gasteiger partial charge in [-0.15, -0.1) is 0 Å². The van der Waals surface area contributed by atoms with Crippen LogP contribution in [0.2, 0.25) is 0 Å². The van der Waals surface area contributed by atoms with Crippen LogP contribution in [-0.4, -0.2) is 48.3 Å². The highest BCUT2D eigenvalue weighted by Crippen LogP contribution is 2.11. The summed E-state index contributed by atoms with van der Waals surface area (Å²) in [7, 11) is 0. The lowest BCUT2D eigenvalue weighted by Crippen LogP contribution is -2.64. The van der Waals surface area contributed by atoms with E-state index < -0.39 is 48.3 Å². The summed E-state index contributed by atoms with van der Waals surface area (Å²) in [5, 5.41) is 16.5. The van der Waals surface area contributed by atoms with Gasteiger partial charge in [-0.2, -0.15) is 0 Å². The van der Waals surface area contributed by atoms with Crippen molar-refractivity contribution < 1.29 is 19.2 Å². The third-order valence-corrected chi connectivity index (χ3v) is 4.41. The number of piperidine rings is 2. The third-order valence-electron chi connectivity index (χ3n) is 4.41. The fourth-order valence-electron chi connectivity index (χ4n) is 3.22. The van der Waals surface area contributed by atoms with Gasteiger partial charge in [0.1, 0.15) is 0 Å². The van der Waals surface area contributed by atoms with E-state index in [1.165, 1.54) is 0 Å². The van der Waals surface area contributed by atoms with E-state index in [9.17, 15) is 19.2 Å².